The number of anilines is 1. The normalized spacial score (nSPS) is 10.5. The first kappa shape index (κ1) is 10.8. The fraction of sp³-hybridized carbons (Fsp3) is 0. The molecular weight excluding hydrogens is 300 g/mol. The summed E-state index contributed by atoms with van der Waals surface area (Å²) in [6, 6.07) is 7.63. The minimum atomic E-state index is 0.470. The Labute approximate surface area is 110 Å². The first-order valence-corrected chi connectivity index (χ1v) is 5.78. The van der Waals surface area contributed by atoms with Crippen LogP contribution in [0.5, 0.6) is 0 Å². The summed E-state index contributed by atoms with van der Waals surface area (Å²) < 4.78 is 4.13. The van der Waals surface area contributed by atoms with Crippen molar-refractivity contribution in [2.75, 3.05) is 5.43 Å². The lowest BCUT2D eigenvalue weighted by Gasteiger charge is -2.06. The number of benzene rings is 1. The zero-order valence-corrected chi connectivity index (χ0v) is 10.6. The summed E-state index contributed by atoms with van der Waals surface area (Å²) in [4.78, 5) is 0. The Morgan fingerprint density at radius 3 is 2.50 bits per heavy atom. The van der Waals surface area contributed by atoms with E-state index in [1.807, 2.05) is 24.3 Å². The molecule has 9 heteroatoms. The summed E-state index contributed by atoms with van der Waals surface area (Å²) in [5.41, 5.74) is 3.80. The van der Waals surface area contributed by atoms with E-state index < -0.39 is 0 Å². The van der Waals surface area contributed by atoms with Crippen LogP contribution in [0.3, 0.4) is 0 Å². The van der Waals surface area contributed by atoms with E-state index in [0.717, 1.165) is 10.2 Å². The Balaban J connectivity index is 1.94. The van der Waals surface area contributed by atoms with E-state index in [2.05, 4.69) is 47.1 Å². The maximum absolute atomic E-state index is 3.92. The summed E-state index contributed by atoms with van der Waals surface area (Å²) in [6.45, 7) is 0. The van der Waals surface area contributed by atoms with Gasteiger partial charge in [0.2, 0.25) is 0 Å². The number of hydrogen-bond donors (Lipinski definition) is 1. The quantitative estimate of drug-likeness (QED) is 0.773. The number of nitrogens with zero attached hydrogens (tertiary/aromatic N) is 7. The molecule has 0 atom stereocenters. The SMILES string of the molecule is Brc1ccc(-n2nnnc2Nn2cnnc2)cc1. The van der Waals surface area contributed by atoms with Gasteiger partial charge < -0.3 is 0 Å². The molecule has 0 aliphatic carbocycles. The summed E-state index contributed by atoms with van der Waals surface area (Å²) in [5, 5.41) is 18.8. The molecule has 0 fully saturated rings. The summed E-state index contributed by atoms with van der Waals surface area (Å²) in [6.07, 6.45) is 3.03. The van der Waals surface area contributed by atoms with Crippen molar-refractivity contribution < 1.29 is 0 Å². The highest BCUT2D eigenvalue weighted by molar-refractivity contribution is 9.10. The van der Waals surface area contributed by atoms with Crippen LogP contribution in [-0.4, -0.2) is 35.1 Å². The van der Waals surface area contributed by atoms with Crippen molar-refractivity contribution in [1.29, 1.82) is 0 Å². The lowest BCUT2D eigenvalue weighted by atomic mass is 10.3. The van der Waals surface area contributed by atoms with Crippen molar-refractivity contribution in [3.05, 3.63) is 41.4 Å². The lowest BCUT2D eigenvalue weighted by Crippen LogP contribution is -2.12. The van der Waals surface area contributed by atoms with Crippen molar-refractivity contribution in [2.24, 2.45) is 0 Å². The van der Waals surface area contributed by atoms with Crippen LogP contribution < -0.4 is 5.43 Å². The van der Waals surface area contributed by atoms with Gasteiger partial charge in [0, 0.05) is 4.47 Å². The molecule has 1 aromatic carbocycles. The number of aromatic nitrogens is 7. The average Bonchev–Trinajstić information content (AvgIpc) is 3.02. The summed E-state index contributed by atoms with van der Waals surface area (Å²) in [7, 11) is 0. The Hall–Kier alpha value is -2.29. The van der Waals surface area contributed by atoms with Crippen LogP contribution in [0.25, 0.3) is 5.69 Å². The zero-order valence-electron chi connectivity index (χ0n) is 8.97. The summed E-state index contributed by atoms with van der Waals surface area (Å²) >= 11 is 3.38. The second-order valence-electron chi connectivity index (χ2n) is 3.37. The monoisotopic (exact) mass is 306 g/mol. The van der Waals surface area contributed by atoms with E-state index in [1.54, 1.807) is 9.36 Å². The molecule has 3 rings (SSSR count). The Bertz CT molecular complexity index is 629. The third-order valence-electron chi connectivity index (χ3n) is 2.19. The van der Waals surface area contributed by atoms with Crippen LogP contribution >= 0.6 is 15.9 Å². The smallest absolute Gasteiger partial charge is 0.257 e. The molecule has 0 aliphatic heterocycles. The fourth-order valence-corrected chi connectivity index (χ4v) is 1.65. The maximum Gasteiger partial charge on any atom is 0.266 e. The Kier molecular flexibility index (Phi) is 2.73. The van der Waals surface area contributed by atoms with Gasteiger partial charge in [0.15, 0.2) is 0 Å². The van der Waals surface area contributed by atoms with Crippen molar-refractivity contribution in [3.63, 3.8) is 0 Å². The predicted octanol–water partition coefficient (Wildman–Crippen LogP) is 0.891. The van der Waals surface area contributed by atoms with E-state index in [9.17, 15) is 0 Å². The first-order chi connectivity index (χ1) is 8.83. The second-order valence-corrected chi connectivity index (χ2v) is 4.29. The van der Waals surface area contributed by atoms with Gasteiger partial charge in [-0.25, -0.2) is 4.68 Å². The topological polar surface area (TPSA) is 86.3 Å². The van der Waals surface area contributed by atoms with Crippen LogP contribution in [0.1, 0.15) is 0 Å². The highest BCUT2D eigenvalue weighted by atomic mass is 79.9. The molecule has 0 aliphatic rings. The fourth-order valence-electron chi connectivity index (χ4n) is 1.39. The van der Waals surface area contributed by atoms with Crippen LogP contribution in [0.15, 0.2) is 41.4 Å². The molecule has 0 radical (unpaired) electrons. The lowest BCUT2D eigenvalue weighted by molar-refractivity contribution is 0.784. The van der Waals surface area contributed by atoms with Gasteiger partial charge in [-0.3, -0.25) is 5.43 Å². The molecule has 0 bridgehead atoms. The highest BCUT2D eigenvalue weighted by Crippen LogP contribution is 2.15. The summed E-state index contributed by atoms with van der Waals surface area (Å²) in [5.74, 6) is 0.470. The number of rotatable bonds is 3. The first-order valence-electron chi connectivity index (χ1n) is 4.99. The zero-order chi connectivity index (χ0) is 12.4. The number of hydrogen-bond acceptors (Lipinski definition) is 6. The molecule has 2 aromatic heterocycles. The van der Waals surface area contributed by atoms with E-state index in [4.69, 9.17) is 0 Å². The van der Waals surface area contributed by atoms with Gasteiger partial charge in [0.05, 0.1) is 5.69 Å². The molecule has 0 saturated carbocycles. The minimum Gasteiger partial charge on any atom is -0.257 e. The number of nitrogens with one attached hydrogen (secondary N) is 1. The van der Waals surface area contributed by atoms with E-state index >= 15 is 0 Å². The van der Waals surface area contributed by atoms with Crippen molar-refractivity contribution in [3.8, 4) is 5.69 Å². The molecule has 8 nitrogen and oxygen atoms in total. The highest BCUT2D eigenvalue weighted by Gasteiger charge is 2.07. The van der Waals surface area contributed by atoms with Crippen LogP contribution in [0, 0.1) is 0 Å². The third-order valence-corrected chi connectivity index (χ3v) is 2.72. The largest absolute Gasteiger partial charge is 0.266 e. The van der Waals surface area contributed by atoms with Crippen molar-refractivity contribution >= 4 is 21.9 Å². The van der Waals surface area contributed by atoms with Gasteiger partial charge in [0.1, 0.15) is 12.7 Å². The average molecular weight is 307 g/mol. The molecule has 0 amide bonds. The van der Waals surface area contributed by atoms with Crippen molar-refractivity contribution in [1.82, 2.24) is 35.1 Å². The molecule has 1 N–H and O–H groups in total. The van der Waals surface area contributed by atoms with Gasteiger partial charge in [-0.05, 0) is 34.7 Å². The molecule has 2 heterocycles. The molecule has 3 aromatic rings. The molecular formula is C9H7BrN8. The second kappa shape index (κ2) is 4.53. The van der Waals surface area contributed by atoms with Gasteiger partial charge in [-0.2, -0.15) is 4.68 Å². The number of tetrazole rings is 1. The number of halogens is 1. The molecule has 0 unspecified atom stereocenters. The molecule has 0 saturated heterocycles. The van der Waals surface area contributed by atoms with Crippen LogP contribution in [0.4, 0.5) is 5.95 Å². The van der Waals surface area contributed by atoms with Gasteiger partial charge >= 0.3 is 0 Å². The van der Waals surface area contributed by atoms with E-state index in [-0.39, 0.29) is 0 Å². The van der Waals surface area contributed by atoms with Crippen molar-refractivity contribution in [2.45, 2.75) is 0 Å². The third kappa shape index (κ3) is 2.07. The standard InChI is InChI=1S/C9H7BrN8/c10-7-1-3-8(4-2-7)18-9(13-15-16-18)14-17-5-11-12-6-17/h1-6H,(H,13,14,16). The van der Waals surface area contributed by atoms with E-state index in [1.165, 1.54) is 12.7 Å². The molecule has 90 valence electrons. The molecule has 18 heavy (non-hydrogen) atoms. The van der Waals surface area contributed by atoms with Crippen LogP contribution in [-0.2, 0) is 0 Å². The van der Waals surface area contributed by atoms with Gasteiger partial charge in [-0.15, -0.1) is 10.2 Å². The Morgan fingerprint density at radius 2 is 1.78 bits per heavy atom. The van der Waals surface area contributed by atoms with Crippen LogP contribution in [0.2, 0.25) is 0 Å². The predicted molar refractivity (Wildman–Crippen MR) is 65.9 cm³/mol. The maximum atomic E-state index is 3.92. The van der Waals surface area contributed by atoms with E-state index in [0.29, 0.717) is 5.95 Å². The van der Waals surface area contributed by atoms with Gasteiger partial charge in [0.25, 0.3) is 5.95 Å². The molecule has 0 spiro atoms. The Morgan fingerprint density at radius 1 is 1.06 bits per heavy atom. The van der Waals surface area contributed by atoms with Gasteiger partial charge in [-0.1, -0.05) is 21.0 Å². The minimum absolute atomic E-state index is 0.470.